The number of carbonyl (C=O) groups excluding carboxylic acids is 3. The standard InChI is InChI=1S/C17H10Cl3NO4/c18-9-5-12(19)11(13(20)6-9)7-25-14(22)4-8-2-1-3-10-15(8)17(24)21-16(10)23/h1-3,5-6H,4,7H2,(H,21,23,24). The summed E-state index contributed by atoms with van der Waals surface area (Å²) >= 11 is 17.9. The van der Waals surface area contributed by atoms with Gasteiger partial charge in [0.25, 0.3) is 11.8 Å². The van der Waals surface area contributed by atoms with Crippen LogP contribution < -0.4 is 5.32 Å². The Kier molecular flexibility index (Phi) is 4.99. The van der Waals surface area contributed by atoms with Gasteiger partial charge in [0.2, 0.25) is 0 Å². The number of hydrogen-bond acceptors (Lipinski definition) is 4. The highest BCUT2D eigenvalue weighted by Crippen LogP contribution is 2.29. The summed E-state index contributed by atoms with van der Waals surface area (Å²) in [7, 11) is 0. The van der Waals surface area contributed by atoms with Gasteiger partial charge < -0.3 is 4.74 Å². The predicted molar refractivity (Wildman–Crippen MR) is 93.2 cm³/mol. The number of nitrogens with one attached hydrogen (secondary N) is 1. The number of imide groups is 1. The molecule has 1 N–H and O–H groups in total. The second-order valence-electron chi connectivity index (χ2n) is 5.31. The van der Waals surface area contributed by atoms with Crippen LogP contribution in [0.4, 0.5) is 0 Å². The normalized spacial score (nSPS) is 12.8. The number of amides is 2. The molecule has 8 heteroatoms. The number of halogens is 3. The summed E-state index contributed by atoms with van der Waals surface area (Å²) in [6.45, 7) is -0.131. The maximum Gasteiger partial charge on any atom is 0.310 e. The molecule has 0 saturated carbocycles. The third-order valence-corrected chi connectivity index (χ3v) is 4.56. The molecule has 2 aromatic rings. The first-order valence-electron chi connectivity index (χ1n) is 7.13. The minimum Gasteiger partial charge on any atom is -0.460 e. The Hall–Kier alpha value is -2.08. The summed E-state index contributed by atoms with van der Waals surface area (Å²) in [5.74, 6) is -1.58. The Morgan fingerprint density at radius 1 is 1.04 bits per heavy atom. The molecular weight excluding hydrogens is 389 g/mol. The van der Waals surface area contributed by atoms with E-state index >= 15 is 0 Å². The van der Waals surface area contributed by atoms with Gasteiger partial charge in [-0.05, 0) is 23.8 Å². The zero-order chi connectivity index (χ0) is 18.1. The van der Waals surface area contributed by atoms with Crippen molar-refractivity contribution in [1.82, 2.24) is 5.32 Å². The largest absolute Gasteiger partial charge is 0.460 e. The van der Waals surface area contributed by atoms with Crippen LogP contribution in [0.25, 0.3) is 0 Å². The lowest BCUT2D eigenvalue weighted by Crippen LogP contribution is -2.20. The zero-order valence-electron chi connectivity index (χ0n) is 12.6. The summed E-state index contributed by atoms with van der Waals surface area (Å²) in [5.41, 5.74) is 1.30. The highest BCUT2D eigenvalue weighted by molar-refractivity contribution is 6.39. The maximum absolute atomic E-state index is 12.1. The van der Waals surface area contributed by atoms with E-state index in [9.17, 15) is 14.4 Å². The topological polar surface area (TPSA) is 72.5 Å². The third-order valence-electron chi connectivity index (χ3n) is 3.67. The number of hydrogen-bond donors (Lipinski definition) is 1. The average molecular weight is 399 g/mol. The summed E-state index contributed by atoms with van der Waals surface area (Å²) in [6, 6.07) is 7.72. The van der Waals surface area contributed by atoms with Crippen LogP contribution in [0.5, 0.6) is 0 Å². The summed E-state index contributed by atoms with van der Waals surface area (Å²) in [6.07, 6.45) is -0.160. The van der Waals surface area contributed by atoms with Gasteiger partial charge in [-0.25, -0.2) is 0 Å². The lowest BCUT2D eigenvalue weighted by molar-refractivity contribution is -0.144. The quantitative estimate of drug-likeness (QED) is 0.628. The van der Waals surface area contributed by atoms with Crippen molar-refractivity contribution < 1.29 is 19.1 Å². The minimum absolute atomic E-state index is 0.131. The van der Waals surface area contributed by atoms with Gasteiger partial charge in [0.1, 0.15) is 6.61 Å². The Morgan fingerprint density at radius 2 is 1.72 bits per heavy atom. The average Bonchev–Trinajstić information content (AvgIpc) is 2.82. The van der Waals surface area contributed by atoms with E-state index in [2.05, 4.69) is 5.32 Å². The van der Waals surface area contributed by atoms with E-state index in [1.54, 1.807) is 12.1 Å². The SMILES string of the molecule is O=C(Cc1cccc2c1C(=O)NC2=O)OCc1c(Cl)cc(Cl)cc1Cl. The molecule has 25 heavy (non-hydrogen) atoms. The molecule has 1 aliphatic rings. The molecule has 2 amide bonds. The van der Waals surface area contributed by atoms with E-state index in [-0.39, 0.29) is 34.2 Å². The second kappa shape index (κ2) is 7.04. The van der Waals surface area contributed by atoms with Gasteiger partial charge in [-0.2, -0.15) is 0 Å². The predicted octanol–water partition coefficient (Wildman–Crippen LogP) is 3.82. The number of ether oxygens (including phenoxy) is 1. The van der Waals surface area contributed by atoms with Crippen LogP contribution in [0.3, 0.4) is 0 Å². The molecule has 0 aromatic heterocycles. The molecule has 0 atom stereocenters. The van der Waals surface area contributed by atoms with Gasteiger partial charge in [-0.15, -0.1) is 0 Å². The fourth-order valence-corrected chi connectivity index (χ4v) is 3.43. The summed E-state index contributed by atoms with van der Waals surface area (Å²) < 4.78 is 5.19. The zero-order valence-corrected chi connectivity index (χ0v) is 14.8. The van der Waals surface area contributed by atoms with Crippen molar-refractivity contribution in [2.45, 2.75) is 13.0 Å². The number of esters is 1. The van der Waals surface area contributed by atoms with E-state index in [0.29, 0.717) is 16.1 Å². The van der Waals surface area contributed by atoms with E-state index in [1.807, 2.05) is 0 Å². The van der Waals surface area contributed by atoms with E-state index in [4.69, 9.17) is 39.5 Å². The summed E-state index contributed by atoms with van der Waals surface area (Å²) in [5, 5.41) is 3.15. The molecule has 1 aliphatic heterocycles. The van der Waals surface area contributed by atoms with Crippen LogP contribution in [0, 0.1) is 0 Å². The number of benzene rings is 2. The van der Waals surface area contributed by atoms with Crippen molar-refractivity contribution in [3.05, 3.63) is 67.7 Å². The highest BCUT2D eigenvalue weighted by Gasteiger charge is 2.29. The molecule has 128 valence electrons. The van der Waals surface area contributed by atoms with Crippen LogP contribution >= 0.6 is 34.8 Å². The van der Waals surface area contributed by atoms with Crippen LogP contribution in [-0.4, -0.2) is 17.8 Å². The van der Waals surface area contributed by atoms with Crippen molar-refractivity contribution in [2.75, 3.05) is 0 Å². The first kappa shape index (κ1) is 17.7. The van der Waals surface area contributed by atoms with Crippen LogP contribution in [-0.2, 0) is 22.6 Å². The van der Waals surface area contributed by atoms with Crippen molar-refractivity contribution in [2.24, 2.45) is 0 Å². The minimum atomic E-state index is -0.581. The lowest BCUT2D eigenvalue weighted by atomic mass is 10.0. The van der Waals surface area contributed by atoms with Crippen molar-refractivity contribution in [3.63, 3.8) is 0 Å². The molecule has 0 fully saturated rings. The van der Waals surface area contributed by atoms with Crippen molar-refractivity contribution in [1.29, 1.82) is 0 Å². The van der Waals surface area contributed by atoms with Crippen LogP contribution in [0.15, 0.2) is 30.3 Å². The Balaban J connectivity index is 1.73. The molecule has 5 nitrogen and oxygen atoms in total. The molecule has 0 radical (unpaired) electrons. The molecule has 3 rings (SSSR count). The van der Waals surface area contributed by atoms with Crippen LogP contribution in [0.1, 0.15) is 31.8 Å². The molecule has 2 aromatic carbocycles. The first-order chi connectivity index (χ1) is 11.9. The second-order valence-corrected chi connectivity index (χ2v) is 6.56. The van der Waals surface area contributed by atoms with Crippen molar-refractivity contribution >= 4 is 52.6 Å². The fourth-order valence-electron chi connectivity index (χ4n) is 2.51. The third kappa shape index (κ3) is 3.63. The van der Waals surface area contributed by atoms with E-state index < -0.39 is 17.8 Å². The lowest BCUT2D eigenvalue weighted by Gasteiger charge is -2.10. The van der Waals surface area contributed by atoms with Gasteiger partial charge in [0.05, 0.1) is 27.6 Å². The Labute approximate surface area is 157 Å². The van der Waals surface area contributed by atoms with Gasteiger partial charge in [-0.1, -0.05) is 46.9 Å². The van der Waals surface area contributed by atoms with E-state index in [1.165, 1.54) is 18.2 Å². The Morgan fingerprint density at radius 3 is 2.40 bits per heavy atom. The fraction of sp³-hybridized carbons (Fsp3) is 0.118. The van der Waals surface area contributed by atoms with Gasteiger partial charge in [0.15, 0.2) is 0 Å². The number of fused-ring (bicyclic) bond motifs is 1. The van der Waals surface area contributed by atoms with Gasteiger partial charge in [-0.3, -0.25) is 19.7 Å². The smallest absolute Gasteiger partial charge is 0.310 e. The highest BCUT2D eigenvalue weighted by atomic mass is 35.5. The number of carbonyl (C=O) groups is 3. The molecule has 0 unspecified atom stereocenters. The molecule has 0 aliphatic carbocycles. The summed E-state index contributed by atoms with van der Waals surface area (Å²) in [4.78, 5) is 35.6. The van der Waals surface area contributed by atoms with Gasteiger partial charge >= 0.3 is 5.97 Å². The van der Waals surface area contributed by atoms with Crippen molar-refractivity contribution in [3.8, 4) is 0 Å². The number of rotatable bonds is 4. The van der Waals surface area contributed by atoms with Gasteiger partial charge in [0, 0.05) is 10.6 Å². The molecule has 0 spiro atoms. The van der Waals surface area contributed by atoms with Crippen LogP contribution in [0.2, 0.25) is 15.1 Å². The monoisotopic (exact) mass is 397 g/mol. The maximum atomic E-state index is 12.1. The molecule has 0 saturated heterocycles. The Bertz CT molecular complexity index is 888. The van der Waals surface area contributed by atoms with E-state index in [0.717, 1.165) is 0 Å². The molecular formula is C17H10Cl3NO4. The molecule has 0 bridgehead atoms. The first-order valence-corrected chi connectivity index (χ1v) is 8.27. The molecule has 1 heterocycles.